The fourth-order valence-electron chi connectivity index (χ4n) is 5.14. The SMILES string of the molecule is CCC1C[C@@H](S(=O)(=O)c2cc(C(=O)Nc3cc(F)c(F)c(F)c3)ccc2Cl)C[C@H](C)[C@@]1(O)CC(O)C(C)O. The topological polar surface area (TPSA) is 124 Å². The normalized spacial score (nSPS) is 25.6. The number of anilines is 1. The van der Waals surface area contributed by atoms with Crippen LogP contribution >= 0.6 is 11.6 Å². The summed E-state index contributed by atoms with van der Waals surface area (Å²) in [7, 11) is -4.12. The van der Waals surface area contributed by atoms with E-state index in [1.165, 1.54) is 19.1 Å². The van der Waals surface area contributed by atoms with Crippen LogP contribution in [0.15, 0.2) is 35.2 Å². The van der Waals surface area contributed by atoms with E-state index in [1.54, 1.807) is 13.8 Å². The summed E-state index contributed by atoms with van der Waals surface area (Å²) in [6.45, 7) is 4.89. The maximum Gasteiger partial charge on any atom is 0.255 e. The van der Waals surface area contributed by atoms with Gasteiger partial charge in [0.25, 0.3) is 5.91 Å². The Morgan fingerprint density at radius 2 is 1.76 bits per heavy atom. The quantitative estimate of drug-likeness (QED) is 0.343. The van der Waals surface area contributed by atoms with Crippen molar-refractivity contribution in [3.63, 3.8) is 0 Å². The molecule has 210 valence electrons. The number of hydrogen-bond donors (Lipinski definition) is 4. The van der Waals surface area contributed by atoms with Crippen LogP contribution < -0.4 is 5.32 Å². The van der Waals surface area contributed by atoms with Crippen LogP contribution in [0.5, 0.6) is 0 Å². The van der Waals surface area contributed by atoms with Crippen molar-refractivity contribution in [2.24, 2.45) is 11.8 Å². The second-order valence-electron chi connectivity index (χ2n) is 10.0. The molecule has 0 saturated heterocycles. The first-order valence-corrected chi connectivity index (χ1v) is 14.1. The van der Waals surface area contributed by atoms with Gasteiger partial charge in [0.1, 0.15) is 0 Å². The molecule has 1 saturated carbocycles. The highest BCUT2D eigenvalue weighted by Crippen LogP contribution is 2.46. The van der Waals surface area contributed by atoms with Crippen LogP contribution in [-0.2, 0) is 9.84 Å². The number of sulfone groups is 1. The highest BCUT2D eigenvalue weighted by Gasteiger charge is 2.50. The minimum atomic E-state index is -4.12. The summed E-state index contributed by atoms with van der Waals surface area (Å²) in [5.74, 6) is -6.65. The van der Waals surface area contributed by atoms with Crippen molar-refractivity contribution in [3.05, 3.63) is 58.4 Å². The van der Waals surface area contributed by atoms with Crippen LogP contribution in [0, 0.1) is 29.3 Å². The van der Waals surface area contributed by atoms with E-state index in [1.807, 2.05) is 0 Å². The molecule has 0 aliphatic heterocycles. The van der Waals surface area contributed by atoms with E-state index in [4.69, 9.17) is 11.6 Å². The molecule has 12 heteroatoms. The Morgan fingerprint density at radius 1 is 1.16 bits per heavy atom. The molecular formula is C26H31ClF3NO6S. The summed E-state index contributed by atoms with van der Waals surface area (Å²) in [4.78, 5) is 12.4. The zero-order valence-electron chi connectivity index (χ0n) is 21.1. The van der Waals surface area contributed by atoms with Crippen LogP contribution in [0.25, 0.3) is 0 Å². The lowest BCUT2D eigenvalue weighted by Gasteiger charge is -2.48. The third-order valence-corrected chi connectivity index (χ3v) is 10.1. The van der Waals surface area contributed by atoms with Crippen molar-refractivity contribution in [1.29, 1.82) is 0 Å². The van der Waals surface area contributed by atoms with Gasteiger partial charge < -0.3 is 20.6 Å². The molecule has 0 radical (unpaired) electrons. The number of amides is 1. The van der Waals surface area contributed by atoms with E-state index in [0.717, 1.165) is 6.07 Å². The van der Waals surface area contributed by atoms with E-state index < -0.39 is 68.1 Å². The first-order chi connectivity index (χ1) is 17.6. The maximum absolute atomic E-state index is 13.7. The summed E-state index contributed by atoms with van der Waals surface area (Å²) in [6.07, 6.45) is -1.84. The van der Waals surface area contributed by atoms with E-state index in [-0.39, 0.29) is 40.4 Å². The molecule has 38 heavy (non-hydrogen) atoms. The Balaban J connectivity index is 1.89. The van der Waals surface area contributed by atoms with E-state index in [0.29, 0.717) is 18.6 Å². The van der Waals surface area contributed by atoms with Crippen molar-refractivity contribution in [1.82, 2.24) is 0 Å². The molecule has 0 spiro atoms. The molecule has 3 rings (SSSR count). The number of carbonyl (C=O) groups is 1. The predicted molar refractivity (Wildman–Crippen MR) is 136 cm³/mol. The standard InChI is InChI=1S/C26H31ClF3NO6S/c1-4-16-9-18(7-13(2)26(16,35)12-22(33)14(3)32)38(36,37)23-8-15(5-6-19(23)27)25(34)31-17-10-20(28)24(30)21(29)11-17/h5-6,8,10-11,13-14,16,18,22,32-33,35H,4,7,9,12H2,1-3H3,(H,31,34)/t13-,14?,16?,18-,22?,26-/m0/s1. The third kappa shape index (κ3) is 6.02. The molecule has 1 amide bonds. The van der Waals surface area contributed by atoms with Crippen molar-refractivity contribution >= 4 is 33.0 Å². The van der Waals surface area contributed by atoms with Crippen LogP contribution in [0.2, 0.25) is 5.02 Å². The summed E-state index contributed by atoms with van der Waals surface area (Å²) in [5.41, 5.74) is -1.93. The number of benzene rings is 2. The Bertz CT molecular complexity index is 1280. The van der Waals surface area contributed by atoms with Gasteiger partial charge in [-0.2, -0.15) is 0 Å². The average molecular weight is 578 g/mol. The number of aliphatic hydroxyl groups is 3. The third-order valence-electron chi connectivity index (χ3n) is 7.49. The van der Waals surface area contributed by atoms with Gasteiger partial charge in [-0.05, 0) is 49.8 Å². The van der Waals surface area contributed by atoms with Gasteiger partial charge in [-0.1, -0.05) is 31.9 Å². The summed E-state index contributed by atoms with van der Waals surface area (Å²) in [6, 6.07) is 4.70. The monoisotopic (exact) mass is 577 g/mol. The van der Waals surface area contributed by atoms with Gasteiger partial charge in [0, 0.05) is 29.8 Å². The predicted octanol–water partition coefficient (Wildman–Crippen LogP) is 4.47. The first-order valence-electron chi connectivity index (χ1n) is 12.2. The highest BCUT2D eigenvalue weighted by molar-refractivity contribution is 7.92. The molecule has 1 aliphatic rings. The second-order valence-corrected chi connectivity index (χ2v) is 12.6. The maximum atomic E-state index is 13.7. The molecule has 4 N–H and O–H groups in total. The fourth-order valence-corrected chi connectivity index (χ4v) is 7.60. The van der Waals surface area contributed by atoms with Crippen molar-refractivity contribution in [2.75, 3.05) is 5.32 Å². The van der Waals surface area contributed by atoms with Crippen LogP contribution in [0.3, 0.4) is 0 Å². The molecule has 2 aromatic rings. The van der Waals surface area contributed by atoms with Gasteiger partial charge in [0.15, 0.2) is 27.3 Å². The largest absolute Gasteiger partial charge is 0.391 e. The molecule has 0 heterocycles. The van der Waals surface area contributed by atoms with Crippen molar-refractivity contribution in [2.45, 2.75) is 74.4 Å². The Labute approximate surface area is 224 Å². The fraction of sp³-hybridized carbons (Fsp3) is 0.500. The molecule has 6 atom stereocenters. The lowest BCUT2D eigenvalue weighted by atomic mass is 9.65. The molecule has 1 fully saturated rings. The molecule has 2 aromatic carbocycles. The smallest absolute Gasteiger partial charge is 0.255 e. The van der Waals surface area contributed by atoms with Gasteiger partial charge in [-0.3, -0.25) is 4.79 Å². The zero-order valence-corrected chi connectivity index (χ0v) is 22.7. The minimum absolute atomic E-state index is 0.0444. The molecule has 7 nitrogen and oxygen atoms in total. The molecule has 0 aromatic heterocycles. The first kappa shape index (κ1) is 30.4. The van der Waals surface area contributed by atoms with Crippen LogP contribution in [0.4, 0.5) is 18.9 Å². The molecular weight excluding hydrogens is 547 g/mol. The number of rotatable bonds is 8. The Kier molecular flexibility index (Phi) is 9.20. The van der Waals surface area contributed by atoms with Gasteiger partial charge in [-0.25, -0.2) is 21.6 Å². The molecule has 0 bridgehead atoms. The second kappa shape index (κ2) is 11.5. The van der Waals surface area contributed by atoms with Crippen molar-refractivity contribution < 1.29 is 41.7 Å². The number of carbonyl (C=O) groups excluding carboxylic acids is 1. The van der Waals surface area contributed by atoms with E-state index in [9.17, 15) is 41.7 Å². The lowest BCUT2D eigenvalue weighted by molar-refractivity contribution is -0.128. The minimum Gasteiger partial charge on any atom is -0.391 e. The zero-order chi connectivity index (χ0) is 28.6. The van der Waals surface area contributed by atoms with E-state index in [2.05, 4.69) is 5.32 Å². The number of halogens is 4. The number of aliphatic hydroxyl groups excluding tert-OH is 2. The van der Waals surface area contributed by atoms with Crippen LogP contribution in [-0.4, -0.2) is 52.7 Å². The van der Waals surface area contributed by atoms with Crippen LogP contribution in [0.1, 0.15) is 56.8 Å². The summed E-state index contributed by atoms with van der Waals surface area (Å²) >= 11 is 6.23. The lowest BCUT2D eigenvalue weighted by Crippen LogP contribution is -2.54. The summed E-state index contributed by atoms with van der Waals surface area (Å²) < 4.78 is 67.6. The Morgan fingerprint density at radius 3 is 2.32 bits per heavy atom. The highest BCUT2D eigenvalue weighted by atomic mass is 35.5. The average Bonchev–Trinajstić information content (AvgIpc) is 2.83. The molecule has 3 unspecified atom stereocenters. The Hall–Kier alpha value is -2.18. The van der Waals surface area contributed by atoms with E-state index >= 15 is 0 Å². The van der Waals surface area contributed by atoms with Gasteiger partial charge in [-0.15, -0.1) is 0 Å². The summed E-state index contributed by atoms with van der Waals surface area (Å²) in [5, 5.41) is 32.5. The number of hydrogen-bond acceptors (Lipinski definition) is 6. The van der Waals surface area contributed by atoms with Crippen molar-refractivity contribution in [3.8, 4) is 0 Å². The molecule has 1 aliphatic carbocycles. The van der Waals surface area contributed by atoms with Gasteiger partial charge in [0.2, 0.25) is 0 Å². The van der Waals surface area contributed by atoms with Gasteiger partial charge in [0.05, 0.1) is 33.0 Å². The van der Waals surface area contributed by atoms with Gasteiger partial charge >= 0.3 is 0 Å². The number of nitrogens with one attached hydrogen (secondary N) is 1.